The first-order valence-electron chi connectivity index (χ1n) is 8.73. The zero-order chi connectivity index (χ0) is 19.6. The van der Waals surface area contributed by atoms with Crippen molar-refractivity contribution < 1.29 is 14.1 Å². The van der Waals surface area contributed by atoms with Crippen molar-refractivity contribution >= 4 is 11.6 Å². The lowest BCUT2D eigenvalue weighted by Gasteiger charge is -2.38. The van der Waals surface area contributed by atoms with Crippen molar-refractivity contribution in [1.29, 1.82) is 0 Å². The standard InChI is InChI=1S/C18H22FN5O3/c1-18(2,23-13-15(11-20-23)24(26)27)17(25)22-9-7-21(8-10-22)12-14-5-3-4-6-16(14)19/h3-6,11,13H,7-10,12H2,1-2H3. The molecule has 0 saturated carbocycles. The summed E-state index contributed by atoms with van der Waals surface area (Å²) in [6.45, 7) is 6.18. The van der Waals surface area contributed by atoms with Gasteiger partial charge in [-0.3, -0.25) is 24.5 Å². The topological polar surface area (TPSA) is 84.5 Å². The molecule has 0 spiro atoms. The fourth-order valence-electron chi connectivity index (χ4n) is 3.17. The highest BCUT2D eigenvalue weighted by atomic mass is 19.1. The number of piperazine rings is 1. The zero-order valence-corrected chi connectivity index (χ0v) is 15.3. The summed E-state index contributed by atoms with van der Waals surface area (Å²) < 4.78 is 15.1. The van der Waals surface area contributed by atoms with Gasteiger partial charge in [-0.15, -0.1) is 0 Å². The van der Waals surface area contributed by atoms with E-state index in [1.54, 1.807) is 30.9 Å². The van der Waals surface area contributed by atoms with E-state index in [-0.39, 0.29) is 17.4 Å². The van der Waals surface area contributed by atoms with Gasteiger partial charge in [-0.05, 0) is 19.9 Å². The molecule has 0 unspecified atom stereocenters. The van der Waals surface area contributed by atoms with Crippen molar-refractivity contribution in [2.24, 2.45) is 0 Å². The molecule has 27 heavy (non-hydrogen) atoms. The van der Waals surface area contributed by atoms with E-state index < -0.39 is 10.5 Å². The average Bonchev–Trinajstić information content (AvgIpc) is 3.15. The molecule has 2 aromatic rings. The van der Waals surface area contributed by atoms with Gasteiger partial charge in [0.15, 0.2) is 0 Å². The van der Waals surface area contributed by atoms with Gasteiger partial charge in [0.1, 0.15) is 23.7 Å². The molecule has 0 aliphatic carbocycles. The number of carbonyl (C=O) groups excluding carboxylic acids is 1. The molecule has 1 aliphatic heterocycles. The molecule has 3 rings (SSSR count). The predicted molar refractivity (Wildman–Crippen MR) is 96.5 cm³/mol. The first-order chi connectivity index (χ1) is 12.8. The van der Waals surface area contributed by atoms with Crippen molar-refractivity contribution in [1.82, 2.24) is 19.6 Å². The molecule has 0 radical (unpaired) electrons. The maximum atomic E-state index is 13.8. The monoisotopic (exact) mass is 375 g/mol. The van der Waals surface area contributed by atoms with E-state index >= 15 is 0 Å². The van der Waals surface area contributed by atoms with Crippen molar-refractivity contribution in [2.45, 2.75) is 25.9 Å². The van der Waals surface area contributed by atoms with Crippen LogP contribution in [0.3, 0.4) is 0 Å². The highest BCUT2D eigenvalue weighted by Crippen LogP contribution is 2.22. The SMILES string of the molecule is CC(C)(C(=O)N1CCN(Cc2ccccc2F)CC1)n1cc([N+](=O)[O-])cn1. The molecule has 0 atom stereocenters. The molecule has 1 saturated heterocycles. The number of aromatic nitrogens is 2. The Morgan fingerprint density at radius 3 is 2.52 bits per heavy atom. The summed E-state index contributed by atoms with van der Waals surface area (Å²) >= 11 is 0. The molecule has 2 heterocycles. The fraction of sp³-hybridized carbons (Fsp3) is 0.444. The molecule has 8 nitrogen and oxygen atoms in total. The van der Waals surface area contributed by atoms with Crippen molar-refractivity contribution in [3.63, 3.8) is 0 Å². The van der Waals surface area contributed by atoms with Crippen LogP contribution in [0.5, 0.6) is 0 Å². The minimum Gasteiger partial charge on any atom is -0.338 e. The van der Waals surface area contributed by atoms with Crippen molar-refractivity contribution in [3.05, 3.63) is 58.2 Å². The molecule has 0 N–H and O–H groups in total. The predicted octanol–water partition coefficient (Wildman–Crippen LogP) is 2.01. The highest BCUT2D eigenvalue weighted by molar-refractivity contribution is 5.83. The van der Waals surface area contributed by atoms with Gasteiger partial charge in [0.2, 0.25) is 5.91 Å². The molecular formula is C18H22FN5O3. The maximum absolute atomic E-state index is 13.8. The lowest BCUT2D eigenvalue weighted by Crippen LogP contribution is -2.54. The van der Waals surface area contributed by atoms with Crippen LogP contribution in [0.1, 0.15) is 19.4 Å². The van der Waals surface area contributed by atoms with Crippen LogP contribution >= 0.6 is 0 Å². The second-order valence-corrected chi connectivity index (χ2v) is 7.12. The minimum atomic E-state index is -1.03. The largest absolute Gasteiger partial charge is 0.338 e. The molecule has 0 bridgehead atoms. The number of halogens is 1. The van der Waals surface area contributed by atoms with E-state index in [0.717, 1.165) is 6.20 Å². The molecular weight excluding hydrogens is 353 g/mol. The Balaban J connectivity index is 1.62. The van der Waals surface area contributed by atoms with E-state index in [2.05, 4.69) is 10.00 Å². The van der Waals surface area contributed by atoms with Crippen LogP contribution in [0.2, 0.25) is 0 Å². The highest BCUT2D eigenvalue weighted by Gasteiger charge is 2.36. The zero-order valence-electron chi connectivity index (χ0n) is 15.3. The third kappa shape index (κ3) is 3.97. The van der Waals surface area contributed by atoms with Crippen molar-refractivity contribution in [3.8, 4) is 0 Å². The Bertz CT molecular complexity index is 843. The average molecular weight is 375 g/mol. The lowest BCUT2D eigenvalue weighted by molar-refractivity contribution is -0.385. The number of amides is 1. The Labute approximate surface area is 156 Å². The Kier molecular flexibility index (Phi) is 5.22. The molecule has 144 valence electrons. The quantitative estimate of drug-likeness (QED) is 0.590. The summed E-state index contributed by atoms with van der Waals surface area (Å²) in [5.74, 6) is -0.372. The van der Waals surface area contributed by atoms with Crippen LogP contribution in [0.4, 0.5) is 10.1 Å². The number of carbonyl (C=O) groups is 1. The maximum Gasteiger partial charge on any atom is 0.307 e. The van der Waals surface area contributed by atoms with Crippen molar-refractivity contribution in [2.75, 3.05) is 26.2 Å². The number of benzene rings is 1. The van der Waals surface area contributed by atoms with Crippen LogP contribution in [-0.4, -0.2) is 56.6 Å². The van der Waals surface area contributed by atoms with E-state index in [1.807, 2.05) is 6.07 Å². The van der Waals surface area contributed by atoms with Crippen LogP contribution in [0.25, 0.3) is 0 Å². The smallest absolute Gasteiger partial charge is 0.307 e. The van der Waals surface area contributed by atoms with Crippen LogP contribution in [0, 0.1) is 15.9 Å². The summed E-state index contributed by atoms with van der Waals surface area (Å²) in [7, 11) is 0. The first kappa shape index (κ1) is 19.0. The molecule has 1 aromatic heterocycles. The second kappa shape index (κ2) is 7.43. The third-order valence-corrected chi connectivity index (χ3v) is 4.89. The normalized spacial score (nSPS) is 15.7. The van der Waals surface area contributed by atoms with Gasteiger partial charge in [-0.2, -0.15) is 5.10 Å². The Morgan fingerprint density at radius 2 is 1.93 bits per heavy atom. The molecule has 1 aromatic carbocycles. The minimum absolute atomic E-state index is 0.147. The van der Waals surface area contributed by atoms with Gasteiger partial charge in [0.25, 0.3) is 0 Å². The number of nitro groups is 1. The molecule has 1 aliphatic rings. The molecule has 9 heteroatoms. The van der Waals surface area contributed by atoms with Gasteiger partial charge < -0.3 is 4.90 Å². The summed E-state index contributed by atoms with van der Waals surface area (Å²) in [4.78, 5) is 27.1. The Hall–Kier alpha value is -2.81. The number of rotatable bonds is 5. The lowest BCUT2D eigenvalue weighted by atomic mass is 10.0. The van der Waals surface area contributed by atoms with E-state index in [9.17, 15) is 19.3 Å². The summed E-state index contributed by atoms with van der Waals surface area (Å²) in [5.41, 5.74) is -0.533. The number of hydrogen-bond acceptors (Lipinski definition) is 5. The summed E-state index contributed by atoms with van der Waals surface area (Å²) in [5, 5.41) is 14.8. The third-order valence-electron chi connectivity index (χ3n) is 4.89. The molecule has 1 fully saturated rings. The van der Waals surface area contributed by atoms with Gasteiger partial charge in [-0.25, -0.2) is 4.39 Å². The van der Waals surface area contributed by atoms with Gasteiger partial charge >= 0.3 is 5.69 Å². The number of hydrogen-bond donors (Lipinski definition) is 0. The van der Waals surface area contributed by atoms with Crippen LogP contribution in [0.15, 0.2) is 36.7 Å². The van der Waals surface area contributed by atoms with E-state index in [1.165, 1.54) is 16.9 Å². The van der Waals surface area contributed by atoms with Gasteiger partial charge in [0.05, 0.1) is 4.92 Å². The van der Waals surface area contributed by atoms with E-state index in [4.69, 9.17) is 0 Å². The second-order valence-electron chi connectivity index (χ2n) is 7.12. The summed E-state index contributed by atoms with van der Waals surface area (Å²) in [6.07, 6.45) is 2.41. The summed E-state index contributed by atoms with van der Waals surface area (Å²) in [6, 6.07) is 6.68. The number of nitrogens with zero attached hydrogens (tertiary/aromatic N) is 5. The van der Waals surface area contributed by atoms with Crippen LogP contribution < -0.4 is 0 Å². The van der Waals surface area contributed by atoms with Gasteiger partial charge in [0, 0.05) is 38.3 Å². The molecule has 1 amide bonds. The van der Waals surface area contributed by atoms with E-state index in [0.29, 0.717) is 38.3 Å². The van der Waals surface area contributed by atoms with Crippen LogP contribution in [-0.2, 0) is 16.9 Å². The first-order valence-corrected chi connectivity index (χ1v) is 8.73. The Morgan fingerprint density at radius 1 is 1.26 bits per heavy atom. The van der Waals surface area contributed by atoms with Gasteiger partial charge in [-0.1, -0.05) is 18.2 Å². The fourth-order valence-corrected chi connectivity index (χ4v) is 3.17.